The molecule has 0 amide bonds. The summed E-state index contributed by atoms with van der Waals surface area (Å²) in [5, 5.41) is 15.7. The first-order chi connectivity index (χ1) is 14.4. The third-order valence-electron chi connectivity index (χ3n) is 4.71. The Morgan fingerprint density at radius 3 is 2.67 bits per heavy atom. The zero-order valence-electron chi connectivity index (χ0n) is 17.2. The molecule has 0 saturated carbocycles. The Bertz CT molecular complexity index is 755. The fourth-order valence-corrected chi connectivity index (χ4v) is 3.13. The molecule has 2 aromatic rings. The van der Waals surface area contributed by atoms with E-state index >= 15 is 0 Å². The van der Waals surface area contributed by atoms with Crippen molar-refractivity contribution in [2.24, 2.45) is 10.9 Å². The Hall–Kier alpha value is -2.48. The quantitative estimate of drug-likeness (QED) is 0.369. The molecule has 2 rings (SSSR count). The minimum atomic E-state index is -4.38. The van der Waals surface area contributed by atoms with Crippen LogP contribution in [0.1, 0.15) is 43.1 Å². The van der Waals surface area contributed by atoms with E-state index in [0.29, 0.717) is 43.4 Å². The van der Waals surface area contributed by atoms with E-state index in [1.807, 2.05) is 12.1 Å². The maximum atomic E-state index is 12.9. The van der Waals surface area contributed by atoms with Gasteiger partial charge in [-0.05, 0) is 48.6 Å². The molecule has 8 heteroatoms. The zero-order valence-corrected chi connectivity index (χ0v) is 17.2. The summed E-state index contributed by atoms with van der Waals surface area (Å²) in [5.41, 5.74) is -0.195. The highest BCUT2D eigenvalue weighted by molar-refractivity contribution is 5.79. The van der Waals surface area contributed by atoms with E-state index in [-0.39, 0.29) is 13.2 Å². The number of hydrogen-bond acceptors (Lipinski definition) is 3. The second-order valence-electron chi connectivity index (χ2n) is 7.17. The van der Waals surface area contributed by atoms with Crippen LogP contribution >= 0.6 is 0 Å². The molecule has 30 heavy (non-hydrogen) atoms. The van der Waals surface area contributed by atoms with Crippen LogP contribution in [0.4, 0.5) is 13.2 Å². The lowest BCUT2D eigenvalue weighted by molar-refractivity contribution is -0.137. The van der Waals surface area contributed by atoms with Crippen LogP contribution in [-0.4, -0.2) is 30.8 Å². The van der Waals surface area contributed by atoms with Gasteiger partial charge in [0.05, 0.1) is 18.4 Å². The molecule has 0 aliphatic rings. The summed E-state index contributed by atoms with van der Waals surface area (Å²) in [6.45, 7) is 3.53. The molecule has 1 unspecified atom stereocenters. The highest BCUT2D eigenvalue weighted by Gasteiger charge is 2.30. The molecule has 0 spiro atoms. The van der Waals surface area contributed by atoms with Crippen molar-refractivity contribution in [3.63, 3.8) is 0 Å². The number of nitrogens with zero attached hydrogens (tertiary/aromatic N) is 1. The van der Waals surface area contributed by atoms with Gasteiger partial charge in [0.1, 0.15) is 5.76 Å². The number of guanidine groups is 1. The summed E-state index contributed by atoms with van der Waals surface area (Å²) in [4.78, 5) is 4.46. The number of alkyl halides is 3. The summed E-state index contributed by atoms with van der Waals surface area (Å²) < 4.78 is 44.1. The summed E-state index contributed by atoms with van der Waals surface area (Å²) in [5.74, 6) is 1.66. The minimum Gasteiger partial charge on any atom is -0.469 e. The molecule has 0 fully saturated rings. The molecular weight excluding hydrogens is 395 g/mol. The number of aliphatic imine (C=N–C) groups is 1. The Morgan fingerprint density at radius 1 is 1.17 bits per heavy atom. The topological polar surface area (TPSA) is 69.8 Å². The Kier molecular flexibility index (Phi) is 9.73. The number of hydrogen-bond donors (Lipinski definition) is 3. The lowest BCUT2D eigenvalue weighted by Gasteiger charge is -2.18. The monoisotopic (exact) mass is 425 g/mol. The van der Waals surface area contributed by atoms with Gasteiger partial charge in [-0.15, -0.1) is 0 Å². The standard InChI is InChI=1S/C22H30F3N3O2/c1-2-5-17(10-12-29)15-27-21(26-11-9-20-8-4-13-30-20)28-16-18-6-3-7-19(14-18)22(23,24)25/h3-4,6-8,13-14,17,29H,2,5,9-12,15-16H2,1H3,(H2,26,27,28). The van der Waals surface area contributed by atoms with Crippen molar-refractivity contribution in [1.29, 1.82) is 0 Å². The fourth-order valence-electron chi connectivity index (χ4n) is 3.13. The van der Waals surface area contributed by atoms with Gasteiger partial charge < -0.3 is 20.2 Å². The smallest absolute Gasteiger partial charge is 0.416 e. The Balaban J connectivity index is 2.02. The van der Waals surface area contributed by atoms with E-state index in [9.17, 15) is 18.3 Å². The molecule has 1 aromatic carbocycles. The molecule has 1 atom stereocenters. The van der Waals surface area contributed by atoms with Gasteiger partial charge in [0, 0.05) is 26.1 Å². The Morgan fingerprint density at radius 2 is 2.00 bits per heavy atom. The first-order valence-corrected chi connectivity index (χ1v) is 10.2. The van der Waals surface area contributed by atoms with E-state index < -0.39 is 11.7 Å². The van der Waals surface area contributed by atoms with Crippen molar-refractivity contribution < 1.29 is 22.7 Å². The lowest BCUT2D eigenvalue weighted by atomic mass is 10.0. The van der Waals surface area contributed by atoms with Gasteiger partial charge in [0.15, 0.2) is 5.96 Å². The van der Waals surface area contributed by atoms with Crippen LogP contribution in [0.3, 0.4) is 0 Å². The molecule has 0 bridgehead atoms. The molecule has 3 N–H and O–H groups in total. The number of benzene rings is 1. The fraction of sp³-hybridized carbons (Fsp3) is 0.500. The van der Waals surface area contributed by atoms with Crippen LogP contribution < -0.4 is 10.6 Å². The van der Waals surface area contributed by atoms with Crippen molar-refractivity contribution in [3.05, 3.63) is 59.5 Å². The van der Waals surface area contributed by atoms with Crippen molar-refractivity contribution in [2.45, 2.75) is 45.3 Å². The van der Waals surface area contributed by atoms with Gasteiger partial charge >= 0.3 is 6.18 Å². The third-order valence-corrected chi connectivity index (χ3v) is 4.71. The average molecular weight is 425 g/mol. The molecule has 166 valence electrons. The molecule has 5 nitrogen and oxygen atoms in total. The number of rotatable bonds is 11. The predicted molar refractivity (Wildman–Crippen MR) is 111 cm³/mol. The molecule has 0 aliphatic heterocycles. The summed E-state index contributed by atoms with van der Waals surface area (Å²) in [7, 11) is 0. The van der Waals surface area contributed by atoms with Crippen LogP contribution in [0.15, 0.2) is 52.1 Å². The molecule has 0 radical (unpaired) electrons. The molecule has 0 saturated heterocycles. The van der Waals surface area contributed by atoms with Gasteiger partial charge in [-0.25, -0.2) is 4.99 Å². The molecule has 0 aliphatic carbocycles. The normalized spacial score (nSPS) is 13.3. The van der Waals surface area contributed by atoms with Crippen molar-refractivity contribution in [1.82, 2.24) is 10.6 Å². The summed E-state index contributed by atoms with van der Waals surface area (Å²) in [6.07, 6.45) is 0.566. The van der Waals surface area contributed by atoms with E-state index in [2.05, 4.69) is 22.5 Å². The maximum absolute atomic E-state index is 12.9. The van der Waals surface area contributed by atoms with Gasteiger partial charge in [-0.3, -0.25) is 0 Å². The number of nitrogens with one attached hydrogen (secondary N) is 2. The van der Waals surface area contributed by atoms with Crippen molar-refractivity contribution in [2.75, 3.05) is 19.7 Å². The molecular formula is C22H30F3N3O2. The van der Waals surface area contributed by atoms with Gasteiger partial charge in [0.25, 0.3) is 0 Å². The SMILES string of the molecule is CCCC(CCO)CNC(=NCc1cccc(C(F)(F)F)c1)NCCc1ccco1. The lowest BCUT2D eigenvalue weighted by Crippen LogP contribution is -2.41. The van der Waals surface area contributed by atoms with Crippen LogP contribution in [0, 0.1) is 5.92 Å². The second-order valence-corrected chi connectivity index (χ2v) is 7.17. The first kappa shape index (κ1) is 23.8. The Labute approximate surface area is 175 Å². The number of halogens is 3. The predicted octanol–water partition coefficient (Wildman–Crippen LogP) is 4.38. The van der Waals surface area contributed by atoms with Gasteiger partial charge in [-0.1, -0.05) is 25.5 Å². The van der Waals surface area contributed by atoms with Crippen molar-refractivity contribution >= 4 is 5.96 Å². The zero-order chi connectivity index (χ0) is 21.8. The van der Waals surface area contributed by atoms with Crippen LogP contribution in [-0.2, 0) is 19.1 Å². The van der Waals surface area contributed by atoms with E-state index in [1.165, 1.54) is 6.07 Å². The van der Waals surface area contributed by atoms with Gasteiger partial charge in [0.2, 0.25) is 0 Å². The van der Waals surface area contributed by atoms with E-state index in [1.54, 1.807) is 12.3 Å². The number of aliphatic hydroxyl groups is 1. The van der Waals surface area contributed by atoms with Crippen molar-refractivity contribution in [3.8, 4) is 0 Å². The van der Waals surface area contributed by atoms with Crippen LogP contribution in [0.2, 0.25) is 0 Å². The molecule has 1 aromatic heterocycles. The summed E-state index contributed by atoms with van der Waals surface area (Å²) >= 11 is 0. The highest BCUT2D eigenvalue weighted by atomic mass is 19.4. The summed E-state index contributed by atoms with van der Waals surface area (Å²) in [6, 6.07) is 8.90. The van der Waals surface area contributed by atoms with Gasteiger partial charge in [-0.2, -0.15) is 13.2 Å². The molecule has 1 heterocycles. The average Bonchev–Trinajstić information content (AvgIpc) is 3.23. The van der Waals surface area contributed by atoms with E-state index in [0.717, 1.165) is 30.7 Å². The number of furan rings is 1. The third kappa shape index (κ3) is 8.49. The number of aliphatic hydroxyl groups excluding tert-OH is 1. The minimum absolute atomic E-state index is 0.120. The van der Waals surface area contributed by atoms with Crippen LogP contribution in [0.5, 0.6) is 0 Å². The van der Waals surface area contributed by atoms with E-state index in [4.69, 9.17) is 4.42 Å². The largest absolute Gasteiger partial charge is 0.469 e. The first-order valence-electron chi connectivity index (χ1n) is 10.2. The second kappa shape index (κ2) is 12.3. The maximum Gasteiger partial charge on any atom is 0.416 e. The highest BCUT2D eigenvalue weighted by Crippen LogP contribution is 2.29. The van der Waals surface area contributed by atoms with Crippen LogP contribution in [0.25, 0.3) is 0 Å².